The molecule has 0 fully saturated rings. The van der Waals surface area contributed by atoms with Gasteiger partial charge in [0.05, 0.1) is 17.2 Å². The molecule has 0 saturated carbocycles. The Morgan fingerprint density at radius 3 is 2.42 bits per heavy atom. The van der Waals surface area contributed by atoms with Crippen molar-refractivity contribution in [1.29, 1.82) is 0 Å². The van der Waals surface area contributed by atoms with E-state index < -0.39 is 16.7 Å². The minimum absolute atomic E-state index is 0.0467. The quantitative estimate of drug-likeness (QED) is 0.518. The molecule has 0 radical (unpaired) electrons. The Morgan fingerprint density at radius 1 is 1.08 bits per heavy atom. The summed E-state index contributed by atoms with van der Waals surface area (Å²) in [4.78, 5) is 36.2. The second-order valence-electron chi connectivity index (χ2n) is 5.38. The van der Waals surface area contributed by atoms with Crippen LogP contribution in [0, 0.1) is 10.1 Å². The molecule has 7 heteroatoms. The van der Waals surface area contributed by atoms with E-state index in [1.165, 1.54) is 23.8 Å². The Labute approximate surface area is 138 Å². The first-order valence-corrected chi connectivity index (χ1v) is 7.49. The summed E-state index contributed by atoms with van der Waals surface area (Å²) in [7, 11) is 0. The summed E-state index contributed by atoms with van der Waals surface area (Å²) in [5, 5.41) is 14.1. The molecule has 0 bridgehead atoms. The van der Waals surface area contributed by atoms with Gasteiger partial charge in [-0.25, -0.2) is 0 Å². The van der Waals surface area contributed by atoms with E-state index in [4.69, 9.17) is 0 Å². The molecule has 2 aromatic carbocycles. The molecule has 0 aromatic heterocycles. The summed E-state index contributed by atoms with van der Waals surface area (Å²) in [6, 6.07) is 11.7. The van der Waals surface area contributed by atoms with E-state index in [1.54, 1.807) is 0 Å². The second-order valence-corrected chi connectivity index (χ2v) is 5.38. The van der Waals surface area contributed by atoms with E-state index in [0.29, 0.717) is 0 Å². The molecule has 1 N–H and O–H groups in total. The third-order valence-corrected chi connectivity index (χ3v) is 3.98. The topological polar surface area (TPSA) is 92.6 Å². The highest BCUT2D eigenvalue weighted by Crippen LogP contribution is 2.30. The number of carbonyl (C=O) groups excluding carboxylic acids is 2. The van der Waals surface area contributed by atoms with Crippen molar-refractivity contribution < 1.29 is 14.5 Å². The van der Waals surface area contributed by atoms with Crippen molar-refractivity contribution >= 4 is 23.2 Å². The van der Waals surface area contributed by atoms with Gasteiger partial charge in [-0.3, -0.25) is 24.6 Å². The molecular weight excluding hydrogens is 310 g/mol. The van der Waals surface area contributed by atoms with Gasteiger partial charge >= 0.3 is 0 Å². The molecule has 3 rings (SSSR count). The van der Waals surface area contributed by atoms with E-state index in [2.05, 4.69) is 5.32 Å². The monoisotopic (exact) mass is 325 g/mol. The van der Waals surface area contributed by atoms with E-state index in [9.17, 15) is 19.7 Å². The van der Waals surface area contributed by atoms with Crippen LogP contribution in [0.25, 0.3) is 0 Å². The van der Waals surface area contributed by atoms with Crippen molar-refractivity contribution in [2.24, 2.45) is 0 Å². The molecule has 2 amide bonds. The number of nitrogens with zero attached hydrogens (tertiary/aromatic N) is 2. The van der Waals surface area contributed by atoms with Crippen LogP contribution in [0.1, 0.15) is 33.2 Å². The number of aryl methyl sites for hydroxylation is 1. The zero-order valence-corrected chi connectivity index (χ0v) is 13.0. The first-order valence-electron chi connectivity index (χ1n) is 7.49. The predicted molar refractivity (Wildman–Crippen MR) is 87.9 cm³/mol. The lowest BCUT2D eigenvalue weighted by atomic mass is 10.1. The minimum atomic E-state index is -0.653. The molecule has 1 aliphatic heterocycles. The largest absolute Gasteiger partial charge is 0.367 e. The fourth-order valence-electron chi connectivity index (χ4n) is 2.64. The lowest BCUT2D eigenvalue weighted by Crippen LogP contribution is -2.34. The summed E-state index contributed by atoms with van der Waals surface area (Å²) in [5.74, 6) is -1.18. The van der Waals surface area contributed by atoms with Gasteiger partial charge in [-0.2, -0.15) is 0 Å². The molecule has 122 valence electrons. The number of anilines is 1. The average molecular weight is 325 g/mol. The summed E-state index contributed by atoms with van der Waals surface area (Å²) >= 11 is 0. The molecular formula is C17H15N3O4. The van der Waals surface area contributed by atoms with Gasteiger partial charge in [0.15, 0.2) is 0 Å². The zero-order valence-electron chi connectivity index (χ0n) is 13.0. The Bertz CT molecular complexity index is 830. The number of nitrogens with one attached hydrogen (secondary N) is 1. The SMILES string of the molecule is CCc1ccc(NCN2C(=O)c3cccc([N+](=O)[O-])c3C2=O)cc1. The molecule has 0 unspecified atom stereocenters. The zero-order chi connectivity index (χ0) is 17.3. The molecule has 0 atom stereocenters. The lowest BCUT2D eigenvalue weighted by Gasteiger charge is -2.15. The standard InChI is InChI=1S/C17H15N3O4/c1-2-11-6-8-12(9-7-11)18-10-19-16(21)13-4-3-5-14(20(23)24)15(13)17(19)22/h3-9,18H,2,10H2,1H3. The third kappa shape index (κ3) is 2.60. The smallest absolute Gasteiger partial charge is 0.282 e. The maximum Gasteiger partial charge on any atom is 0.282 e. The Kier molecular flexibility index (Phi) is 3.99. The Hall–Kier alpha value is -3.22. The van der Waals surface area contributed by atoms with Gasteiger partial charge in [-0.05, 0) is 30.2 Å². The maximum atomic E-state index is 12.4. The summed E-state index contributed by atoms with van der Waals surface area (Å²) in [6.07, 6.45) is 0.919. The number of imide groups is 1. The second kappa shape index (κ2) is 6.11. The van der Waals surface area contributed by atoms with Crippen LogP contribution in [0.4, 0.5) is 11.4 Å². The molecule has 7 nitrogen and oxygen atoms in total. The first kappa shape index (κ1) is 15.7. The van der Waals surface area contributed by atoms with Gasteiger partial charge in [0.2, 0.25) is 0 Å². The van der Waals surface area contributed by atoms with Crippen molar-refractivity contribution in [3.05, 3.63) is 69.3 Å². The van der Waals surface area contributed by atoms with E-state index in [1.807, 2.05) is 31.2 Å². The van der Waals surface area contributed by atoms with Gasteiger partial charge < -0.3 is 5.32 Å². The van der Waals surface area contributed by atoms with Gasteiger partial charge in [0.25, 0.3) is 17.5 Å². The van der Waals surface area contributed by atoms with E-state index >= 15 is 0 Å². The van der Waals surface area contributed by atoms with Crippen molar-refractivity contribution in [3.8, 4) is 0 Å². The number of fused-ring (bicyclic) bond motifs is 1. The summed E-state index contributed by atoms with van der Waals surface area (Å²) in [5.41, 5.74) is 1.52. The number of nitro groups is 1. The van der Waals surface area contributed by atoms with Gasteiger partial charge in [0, 0.05) is 11.8 Å². The van der Waals surface area contributed by atoms with Crippen LogP contribution >= 0.6 is 0 Å². The van der Waals surface area contributed by atoms with Crippen molar-refractivity contribution in [2.75, 3.05) is 12.0 Å². The van der Waals surface area contributed by atoms with Gasteiger partial charge in [-0.15, -0.1) is 0 Å². The third-order valence-electron chi connectivity index (χ3n) is 3.98. The molecule has 0 aliphatic carbocycles. The van der Waals surface area contributed by atoms with Crippen molar-refractivity contribution in [1.82, 2.24) is 4.90 Å². The van der Waals surface area contributed by atoms with Crippen LogP contribution in [-0.4, -0.2) is 28.3 Å². The maximum absolute atomic E-state index is 12.4. The number of amides is 2. The van der Waals surface area contributed by atoms with Gasteiger partial charge in [0.1, 0.15) is 5.56 Å². The van der Waals surface area contributed by atoms with E-state index in [0.717, 1.165) is 17.0 Å². The number of hydrogen-bond donors (Lipinski definition) is 1. The highest BCUT2D eigenvalue weighted by molar-refractivity contribution is 6.23. The van der Waals surface area contributed by atoms with E-state index in [-0.39, 0.29) is 23.5 Å². The molecule has 1 aliphatic rings. The highest BCUT2D eigenvalue weighted by Gasteiger charge is 2.40. The molecule has 2 aromatic rings. The lowest BCUT2D eigenvalue weighted by molar-refractivity contribution is -0.385. The van der Waals surface area contributed by atoms with Crippen LogP contribution < -0.4 is 5.32 Å². The number of benzene rings is 2. The molecule has 24 heavy (non-hydrogen) atoms. The first-order chi connectivity index (χ1) is 11.5. The molecule has 0 spiro atoms. The Balaban J connectivity index is 1.80. The van der Waals surface area contributed by atoms with Crippen molar-refractivity contribution in [3.63, 3.8) is 0 Å². The normalized spacial score (nSPS) is 13.1. The number of nitro benzene ring substituents is 1. The highest BCUT2D eigenvalue weighted by atomic mass is 16.6. The van der Waals surface area contributed by atoms with Crippen LogP contribution in [0.2, 0.25) is 0 Å². The van der Waals surface area contributed by atoms with Crippen LogP contribution in [0.5, 0.6) is 0 Å². The fourth-order valence-corrected chi connectivity index (χ4v) is 2.64. The number of rotatable bonds is 5. The van der Waals surface area contributed by atoms with Gasteiger partial charge in [-0.1, -0.05) is 25.1 Å². The minimum Gasteiger partial charge on any atom is -0.367 e. The van der Waals surface area contributed by atoms with Crippen LogP contribution in [-0.2, 0) is 6.42 Å². The average Bonchev–Trinajstić information content (AvgIpc) is 2.84. The van der Waals surface area contributed by atoms with Crippen molar-refractivity contribution in [2.45, 2.75) is 13.3 Å². The summed E-state index contributed by atoms with van der Waals surface area (Å²) < 4.78 is 0. The number of hydrogen-bond acceptors (Lipinski definition) is 5. The van der Waals surface area contributed by atoms with Crippen LogP contribution in [0.3, 0.4) is 0 Å². The Morgan fingerprint density at radius 2 is 1.79 bits per heavy atom. The molecule has 1 heterocycles. The predicted octanol–water partition coefficient (Wildman–Crippen LogP) is 2.82. The fraction of sp³-hybridized carbons (Fsp3) is 0.176. The van der Waals surface area contributed by atoms with Crippen LogP contribution in [0.15, 0.2) is 42.5 Å². The number of carbonyl (C=O) groups is 2. The molecule has 0 saturated heterocycles. The summed E-state index contributed by atoms with van der Waals surface area (Å²) in [6.45, 7) is 2.00.